The Hall–Kier alpha value is 0.557. The minimum Gasteiger partial charge on any atom is -1.00 e. The molecular formula is C2H4ClLiO. The van der Waals surface area contributed by atoms with E-state index < -0.39 is 0 Å². The fourth-order valence-electron chi connectivity index (χ4n) is 0. The average molecular weight is 86.4 g/mol. The second kappa shape index (κ2) is 8.82. The standard InChI is InChI=1S/C2H3ClO.Li.H/c3-1-2-4;;/h2H,1H2;;/q;+1;-1. The maximum Gasteiger partial charge on any atom is 1.00 e. The number of hydrogen-bond donors (Lipinski definition) is 0. The first-order valence-corrected chi connectivity index (χ1v) is 1.45. The summed E-state index contributed by atoms with van der Waals surface area (Å²) < 4.78 is 0. The number of halogens is 1. The zero-order chi connectivity index (χ0) is 3.41. The molecule has 0 aliphatic rings. The smallest absolute Gasteiger partial charge is 1.00 e. The van der Waals surface area contributed by atoms with Crippen LogP contribution in [0.1, 0.15) is 1.43 Å². The van der Waals surface area contributed by atoms with Gasteiger partial charge in [0, 0.05) is 0 Å². The molecule has 0 aliphatic heterocycles. The SMILES string of the molecule is O=CCCl.[H-].[Li+]. The van der Waals surface area contributed by atoms with Crippen LogP contribution in [0, 0.1) is 0 Å². The first-order chi connectivity index (χ1) is 1.91. The second-order valence-corrected chi connectivity index (χ2v) is 0.630. The van der Waals surface area contributed by atoms with Crippen LogP contribution >= 0.6 is 11.6 Å². The van der Waals surface area contributed by atoms with Crippen molar-refractivity contribution in [2.24, 2.45) is 0 Å². The van der Waals surface area contributed by atoms with Gasteiger partial charge in [-0.25, -0.2) is 0 Å². The van der Waals surface area contributed by atoms with E-state index in [-0.39, 0.29) is 26.2 Å². The molecule has 0 rings (SSSR count). The first-order valence-electron chi connectivity index (χ1n) is 0.911. The van der Waals surface area contributed by atoms with Crippen molar-refractivity contribution in [1.29, 1.82) is 0 Å². The van der Waals surface area contributed by atoms with E-state index in [0.29, 0.717) is 6.29 Å². The molecular weight excluding hydrogens is 82.4 g/mol. The van der Waals surface area contributed by atoms with Gasteiger partial charge in [-0.15, -0.1) is 11.6 Å². The Morgan fingerprint density at radius 1 is 2.00 bits per heavy atom. The van der Waals surface area contributed by atoms with Gasteiger partial charge >= 0.3 is 18.9 Å². The minimum absolute atomic E-state index is 0. The van der Waals surface area contributed by atoms with Crippen LogP contribution in [0.15, 0.2) is 0 Å². The Kier molecular flexibility index (Phi) is 16.1. The topological polar surface area (TPSA) is 17.1 Å². The van der Waals surface area contributed by atoms with Crippen LogP contribution in [0.2, 0.25) is 0 Å². The zero-order valence-corrected chi connectivity index (χ0v) is 3.83. The van der Waals surface area contributed by atoms with Crippen LogP contribution in [0.3, 0.4) is 0 Å². The van der Waals surface area contributed by atoms with Crippen molar-refractivity contribution >= 4 is 17.9 Å². The van der Waals surface area contributed by atoms with Crippen molar-refractivity contribution in [2.75, 3.05) is 5.88 Å². The van der Waals surface area contributed by atoms with Crippen molar-refractivity contribution in [2.45, 2.75) is 0 Å². The molecule has 0 aromatic carbocycles. The first kappa shape index (κ1) is 9.12. The van der Waals surface area contributed by atoms with Gasteiger partial charge in [-0.05, 0) is 0 Å². The van der Waals surface area contributed by atoms with Gasteiger partial charge in [-0.2, -0.15) is 0 Å². The number of carbonyl (C=O) groups is 1. The number of aldehydes is 1. The van der Waals surface area contributed by atoms with Gasteiger partial charge in [-0.3, -0.25) is 0 Å². The van der Waals surface area contributed by atoms with E-state index in [0.717, 1.165) is 0 Å². The summed E-state index contributed by atoms with van der Waals surface area (Å²) >= 11 is 4.82. The summed E-state index contributed by atoms with van der Waals surface area (Å²) in [5, 5.41) is 0. The molecule has 0 atom stereocenters. The molecule has 0 N–H and O–H groups in total. The van der Waals surface area contributed by atoms with Crippen LogP contribution in [0.5, 0.6) is 0 Å². The van der Waals surface area contributed by atoms with E-state index >= 15 is 0 Å². The third-order valence-corrected chi connectivity index (χ3v) is 0.189. The van der Waals surface area contributed by atoms with Gasteiger partial charge in [0.15, 0.2) is 0 Å². The predicted octanol–water partition coefficient (Wildman–Crippen LogP) is -2.46. The molecule has 0 unspecified atom stereocenters. The molecule has 0 aromatic rings. The number of carbonyl (C=O) groups excluding carboxylic acids is 1. The summed E-state index contributed by atoms with van der Waals surface area (Å²) in [6, 6.07) is 0. The molecule has 0 spiro atoms. The molecule has 0 bridgehead atoms. The molecule has 0 aliphatic carbocycles. The van der Waals surface area contributed by atoms with Gasteiger partial charge in [0.2, 0.25) is 0 Å². The van der Waals surface area contributed by atoms with Crippen LogP contribution < -0.4 is 18.9 Å². The molecule has 0 aromatic heterocycles. The molecule has 0 heterocycles. The zero-order valence-electron chi connectivity index (χ0n) is 4.07. The fraction of sp³-hybridized carbons (Fsp3) is 0.500. The van der Waals surface area contributed by atoms with E-state index in [9.17, 15) is 0 Å². The fourth-order valence-corrected chi connectivity index (χ4v) is 0. The largest absolute Gasteiger partial charge is 1.00 e. The van der Waals surface area contributed by atoms with Crippen LogP contribution in [0.4, 0.5) is 0 Å². The molecule has 0 amide bonds. The van der Waals surface area contributed by atoms with Crippen molar-refractivity contribution in [3.8, 4) is 0 Å². The minimum atomic E-state index is 0. The number of alkyl halides is 1. The van der Waals surface area contributed by atoms with Gasteiger partial charge in [-0.1, -0.05) is 0 Å². The number of rotatable bonds is 1. The van der Waals surface area contributed by atoms with E-state index in [1.165, 1.54) is 0 Å². The molecule has 0 fully saturated rings. The number of hydrogen-bond acceptors (Lipinski definition) is 1. The van der Waals surface area contributed by atoms with Crippen molar-refractivity contribution in [3.63, 3.8) is 0 Å². The molecule has 0 saturated carbocycles. The summed E-state index contributed by atoms with van der Waals surface area (Å²) in [5.41, 5.74) is 0. The van der Waals surface area contributed by atoms with Gasteiger partial charge in [0.05, 0.1) is 5.88 Å². The monoisotopic (exact) mass is 86.0 g/mol. The quantitative estimate of drug-likeness (QED) is 0.197. The summed E-state index contributed by atoms with van der Waals surface area (Å²) in [4.78, 5) is 9.04. The van der Waals surface area contributed by atoms with Crippen molar-refractivity contribution < 1.29 is 25.1 Å². The van der Waals surface area contributed by atoms with E-state index in [2.05, 4.69) is 0 Å². The van der Waals surface area contributed by atoms with Gasteiger partial charge in [0.25, 0.3) is 0 Å². The molecule has 5 heavy (non-hydrogen) atoms. The molecule has 1 nitrogen and oxygen atoms in total. The van der Waals surface area contributed by atoms with Crippen molar-refractivity contribution in [3.05, 3.63) is 0 Å². The Morgan fingerprint density at radius 2 is 2.20 bits per heavy atom. The maximum absolute atomic E-state index is 9.04. The van der Waals surface area contributed by atoms with E-state index in [1.807, 2.05) is 0 Å². The molecule has 0 radical (unpaired) electrons. The van der Waals surface area contributed by atoms with Crippen LogP contribution in [-0.2, 0) is 4.79 Å². The second-order valence-electron chi connectivity index (χ2n) is 0.321. The van der Waals surface area contributed by atoms with Gasteiger partial charge < -0.3 is 6.22 Å². The van der Waals surface area contributed by atoms with Gasteiger partial charge in [0.1, 0.15) is 6.29 Å². The van der Waals surface area contributed by atoms with Crippen LogP contribution in [0.25, 0.3) is 0 Å². The average Bonchev–Trinajstić information content (AvgIpc) is 1.37. The Morgan fingerprint density at radius 3 is 2.20 bits per heavy atom. The molecule has 3 heteroatoms. The molecule has 0 saturated heterocycles. The summed E-state index contributed by atoms with van der Waals surface area (Å²) in [5.74, 6) is 0.111. The Labute approximate surface area is 49.4 Å². The molecule has 26 valence electrons. The van der Waals surface area contributed by atoms with Crippen molar-refractivity contribution in [1.82, 2.24) is 0 Å². The third kappa shape index (κ3) is 12.3. The summed E-state index contributed by atoms with van der Waals surface area (Å²) in [7, 11) is 0. The third-order valence-electron chi connectivity index (χ3n) is 0.0630. The normalized spacial score (nSPS) is 5.00. The Balaban J connectivity index is -0.0000000450. The van der Waals surface area contributed by atoms with E-state index in [4.69, 9.17) is 16.4 Å². The summed E-state index contributed by atoms with van der Waals surface area (Å²) in [6.07, 6.45) is 0.640. The van der Waals surface area contributed by atoms with Crippen LogP contribution in [-0.4, -0.2) is 12.2 Å². The maximum atomic E-state index is 9.04. The van der Waals surface area contributed by atoms with E-state index in [1.54, 1.807) is 0 Å². The predicted molar refractivity (Wildman–Crippen MR) is 17.9 cm³/mol. The summed E-state index contributed by atoms with van der Waals surface area (Å²) in [6.45, 7) is 0. The Bertz CT molecular complexity index is 27.5.